The van der Waals surface area contributed by atoms with Gasteiger partial charge in [-0.25, -0.2) is 0 Å². The lowest BCUT2D eigenvalue weighted by Crippen LogP contribution is -2.42. The van der Waals surface area contributed by atoms with E-state index in [1.54, 1.807) is 23.1 Å². The zero-order valence-corrected chi connectivity index (χ0v) is 14.5. The van der Waals surface area contributed by atoms with Gasteiger partial charge in [-0.1, -0.05) is 36.1 Å². The van der Waals surface area contributed by atoms with E-state index in [0.717, 1.165) is 5.56 Å². The predicted octanol–water partition coefficient (Wildman–Crippen LogP) is 1.41. The van der Waals surface area contributed by atoms with Crippen LogP contribution in [-0.2, 0) is 14.3 Å². The maximum Gasteiger partial charge on any atom is 0.263 e. The molecule has 0 unspecified atom stereocenters. The smallest absolute Gasteiger partial charge is 0.263 e. The van der Waals surface area contributed by atoms with E-state index in [4.69, 9.17) is 21.7 Å². The van der Waals surface area contributed by atoms with E-state index in [1.807, 2.05) is 12.1 Å². The van der Waals surface area contributed by atoms with Crippen LogP contribution in [-0.4, -0.2) is 53.9 Å². The Morgan fingerprint density at radius 2 is 2.21 bits per heavy atom. The molecule has 3 rings (SSSR count). The molecular formula is C16H16N2O4S2. The van der Waals surface area contributed by atoms with Crippen molar-refractivity contribution >= 4 is 46.2 Å². The summed E-state index contributed by atoms with van der Waals surface area (Å²) in [6, 6.07) is 7.24. The second kappa shape index (κ2) is 7.78. The van der Waals surface area contributed by atoms with Crippen molar-refractivity contribution in [1.29, 1.82) is 0 Å². The van der Waals surface area contributed by atoms with Crippen molar-refractivity contribution in [3.63, 3.8) is 0 Å². The average molecular weight is 364 g/mol. The van der Waals surface area contributed by atoms with Gasteiger partial charge >= 0.3 is 0 Å². The van der Waals surface area contributed by atoms with Crippen LogP contribution in [0.2, 0.25) is 0 Å². The average Bonchev–Trinajstić information content (AvgIpc) is 2.91. The van der Waals surface area contributed by atoms with Crippen LogP contribution < -0.4 is 10.1 Å². The summed E-state index contributed by atoms with van der Waals surface area (Å²) in [5.74, 6) is 0.328. The summed E-state index contributed by atoms with van der Waals surface area (Å²) >= 11 is 6.19. The minimum Gasteiger partial charge on any atom is -0.484 e. The zero-order chi connectivity index (χ0) is 16.9. The van der Waals surface area contributed by atoms with E-state index < -0.39 is 0 Å². The highest BCUT2D eigenvalue weighted by molar-refractivity contribution is 8.26. The highest BCUT2D eigenvalue weighted by Gasteiger charge is 2.22. The Balaban J connectivity index is 1.61. The van der Waals surface area contributed by atoms with Gasteiger partial charge in [0.15, 0.2) is 6.61 Å². The molecule has 0 bridgehead atoms. The van der Waals surface area contributed by atoms with E-state index in [1.165, 1.54) is 11.8 Å². The second-order valence-electron chi connectivity index (χ2n) is 5.21. The van der Waals surface area contributed by atoms with Crippen LogP contribution in [0, 0.1) is 0 Å². The summed E-state index contributed by atoms with van der Waals surface area (Å²) in [5, 5.41) is 2.57. The topological polar surface area (TPSA) is 67.9 Å². The first kappa shape index (κ1) is 16.9. The van der Waals surface area contributed by atoms with Crippen molar-refractivity contribution in [3.8, 4) is 5.75 Å². The van der Waals surface area contributed by atoms with Gasteiger partial charge < -0.3 is 19.7 Å². The fourth-order valence-corrected chi connectivity index (χ4v) is 3.36. The molecule has 1 aromatic carbocycles. The molecule has 0 saturated carbocycles. The fraction of sp³-hybridized carbons (Fsp3) is 0.312. The molecule has 0 aromatic heterocycles. The Labute approximate surface area is 149 Å². The lowest BCUT2D eigenvalue weighted by molar-refractivity contribution is -0.137. The Morgan fingerprint density at radius 1 is 1.42 bits per heavy atom. The van der Waals surface area contributed by atoms with Gasteiger partial charge in [-0.2, -0.15) is 0 Å². The Bertz CT molecular complexity index is 699. The van der Waals surface area contributed by atoms with Crippen LogP contribution in [0.1, 0.15) is 5.56 Å². The Kier molecular flexibility index (Phi) is 5.49. The van der Waals surface area contributed by atoms with Crippen molar-refractivity contribution in [2.75, 3.05) is 32.9 Å². The molecule has 1 N–H and O–H groups in total. The third kappa shape index (κ3) is 4.34. The number of hydrogen-bond donors (Lipinski definition) is 1. The van der Waals surface area contributed by atoms with Crippen molar-refractivity contribution in [2.24, 2.45) is 0 Å². The molecule has 0 aliphatic carbocycles. The van der Waals surface area contributed by atoms with Crippen molar-refractivity contribution < 1.29 is 19.1 Å². The normalized spacial score (nSPS) is 19.5. The number of carbonyl (C=O) groups is 2. The first-order valence-corrected chi connectivity index (χ1v) is 8.67. The number of hydrogen-bond acceptors (Lipinski definition) is 6. The Morgan fingerprint density at radius 3 is 2.92 bits per heavy atom. The minimum atomic E-state index is -0.196. The number of thiocarbonyl (C=S) groups is 1. The van der Waals surface area contributed by atoms with Gasteiger partial charge in [-0.15, -0.1) is 0 Å². The number of amides is 2. The number of morpholine rings is 1. The number of thioether (sulfide) groups is 1. The summed E-state index contributed by atoms with van der Waals surface area (Å²) in [5.41, 5.74) is 0.814. The van der Waals surface area contributed by atoms with Gasteiger partial charge in [0, 0.05) is 13.1 Å². The van der Waals surface area contributed by atoms with E-state index in [0.29, 0.717) is 41.3 Å². The summed E-state index contributed by atoms with van der Waals surface area (Å²) in [4.78, 5) is 26.0. The third-order valence-electron chi connectivity index (χ3n) is 3.52. The van der Waals surface area contributed by atoms with Gasteiger partial charge in [0.05, 0.1) is 18.1 Å². The standard InChI is InChI=1S/C16H16N2O4S2/c19-14(18-4-6-21-7-5-18)10-22-12-3-1-2-11(8-12)9-13-15(20)17-16(23)24-13/h1-3,8-9H,4-7,10H2,(H,17,20,23)/b13-9-. The van der Waals surface area contributed by atoms with E-state index in [9.17, 15) is 9.59 Å². The minimum absolute atomic E-state index is 0.0145. The summed E-state index contributed by atoms with van der Waals surface area (Å²) < 4.78 is 11.3. The van der Waals surface area contributed by atoms with Crippen LogP contribution in [0.5, 0.6) is 5.75 Å². The number of rotatable bonds is 4. The molecule has 2 amide bonds. The van der Waals surface area contributed by atoms with Crippen LogP contribution in [0.25, 0.3) is 6.08 Å². The third-order valence-corrected chi connectivity index (χ3v) is 4.69. The predicted molar refractivity (Wildman–Crippen MR) is 95.6 cm³/mol. The molecule has 24 heavy (non-hydrogen) atoms. The SMILES string of the molecule is O=C1NC(=S)S/C1=C\c1cccc(OCC(=O)N2CCOCC2)c1. The lowest BCUT2D eigenvalue weighted by atomic mass is 10.2. The summed E-state index contributed by atoms with van der Waals surface area (Å²) in [6.45, 7) is 2.31. The molecule has 1 aromatic rings. The van der Waals surface area contributed by atoms with Crippen LogP contribution >= 0.6 is 24.0 Å². The van der Waals surface area contributed by atoms with Gasteiger partial charge in [0.2, 0.25) is 0 Å². The Hall–Kier alpha value is -1.90. The van der Waals surface area contributed by atoms with E-state index in [-0.39, 0.29) is 18.4 Å². The number of carbonyl (C=O) groups excluding carboxylic acids is 2. The zero-order valence-electron chi connectivity index (χ0n) is 12.8. The number of benzene rings is 1. The van der Waals surface area contributed by atoms with Crippen LogP contribution in [0.3, 0.4) is 0 Å². The molecule has 0 spiro atoms. The van der Waals surface area contributed by atoms with E-state index in [2.05, 4.69) is 5.32 Å². The molecule has 2 saturated heterocycles. The molecule has 6 nitrogen and oxygen atoms in total. The monoisotopic (exact) mass is 364 g/mol. The van der Waals surface area contributed by atoms with Crippen LogP contribution in [0.4, 0.5) is 0 Å². The number of ether oxygens (including phenoxy) is 2. The number of nitrogens with one attached hydrogen (secondary N) is 1. The van der Waals surface area contributed by atoms with Gasteiger partial charge in [-0.3, -0.25) is 9.59 Å². The molecule has 2 aliphatic rings. The molecule has 0 radical (unpaired) electrons. The first-order chi connectivity index (χ1) is 11.6. The maximum atomic E-state index is 12.1. The van der Waals surface area contributed by atoms with E-state index >= 15 is 0 Å². The molecule has 2 aliphatic heterocycles. The van der Waals surface area contributed by atoms with Gasteiger partial charge in [-0.05, 0) is 23.8 Å². The van der Waals surface area contributed by atoms with Crippen molar-refractivity contribution in [3.05, 3.63) is 34.7 Å². The molecular weight excluding hydrogens is 348 g/mol. The number of nitrogens with zero attached hydrogens (tertiary/aromatic N) is 1. The molecule has 2 heterocycles. The summed E-state index contributed by atoms with van der Waals surface area (Å²) in [7, 11) is 0. The van der Waals surface area contributed by atoms with Crippen molar-refractivity contribution in [1.82, 2.24) is 10.2 Å². The van der Waals surface area contributed by atoms with Gasteiger partial charge in [0.1, 0.15) is 10.1 Å². The lowest BCUT2D eigenvalue weighted by Gasteiger charge is -2.26. The summed E-state index contributed by atoms with van der Waals surface area (Å²) in [6.07, 6.45) is 1.75. The quantitative estimate of drug-likeness (QED) is 0.644. The van der Waals surface area contributed by atoms with Crippen molar-refractivity contribution in [2.45, 2.75) is 0 Å². The molecule has 2 fully saturated rings. The fourth-order valence-electron chi connectivity index (χ4n) is 2.32. The highest BCUT2D eigenvalue weighted by atomic mass is 32.2. The first-order valence-electron chi connectivity index (χ1n) is 7.45. The molecule has 8 heteroatoms. The highest BCUT2D eigenvalue weighted by Crippen LogP contribution is 2.26. The maximum absolute atomic E-state index is 12.1. The largest absolute Gasteiger partial charge is 0.484 e. The molecule has 0 atom stereocenters. The second-order valence-corrected chi connectivity index (χ2v) is 6.93. The van der Waals surface area contributed by atoms with Crippen LogP contribution in [0.15, 0.2) is 29.2 Å². The molecule has 126 valence electrons. The van der Waals surface area contributed by atoms with Gasteiger partial charge in [0.25, 0.3) is 11.8 Å².